The van der Waals surface area contributed by atoms with Crippen LogP contribution in [0, 0.1) is 0 Å². The number of carbonyl (C=O) groups is 2. The van der Waals surface area contributed by atoms with E-state index in [1.54, 1.807) is 48.5 Å². The van der Waals surface area contributed by atoms with Crippen molar-refractivity contribution in [2.24, 2.45) is 0 Å². The molecule has 2 aromatic rings. The van der Waals surface area contributed by atoms with E-state index in [9.17, 15) is 9.59 Å². The molecule has 0 saturated carbocycles. The van der Waals surface area contributed by atoms with E-state index in [0.29, 0.717) is 17.5 Å². The van der Waals surface area contributed by atoms with Gasteiger partial charge < -0.3 is 14.2 Å². The van der Waals surface area contributed by atoms with Crippen LogP contribution < -0.4 is 0 Å². The summed E-state index contributed by atoms with van der Waals surface area (Å²) in [5, 5.41) is 0. The summed E-state index contributed by atoms with van der Waals surface area (Å²) in [5.41, 5.74) is 0.276. The summed E-state index contributed by atoms with van der Waals surface area (Å²) in [6, 6.07) is 17.6. The molecular weight excluding hydrogens is 320 g/mol. The van der Waals surface area contributed by atoms with E-state index in [0.717, 1.165) is 0 Å². The molecule has 2 unspecified atom stereocenters. The Balaban J connectivity index is 1.51. The van der Waals surface area contributed by atoms with Gasteiger partial charge in [-0.15, -0.1) is 0 Å². The number of esters is 2. The highest BCUT2D eigenvalue weighted by atomic mass is 16.6. The zero-order valence-electron chi connectivity index (χ0n) is 14.0. The third-order valence-corrected chi connectivity index (χ3v) is 4.04. The Hall–Kier alpha value is -2.66. The molecule has 0 spiro atoms. The maximum atomic E-state index is 12.2. The van der Waals surface area contributed by atoms with Crippen molar-refractivity contribution in [1.29, 1.82) is 0 Å². The molecule has 130 valence electrons. The lowest BCUT2D eigenvalue weighted by Crippen LogP contribution is -2.32. The Morgan fingerprint density at radius 1 is 1.00 bits per heavy atom. The zero-order valence-corrected chi connectivity index (χ0v) is 14.0. The lowest BCUT2D eigenvalue weighted by Gasteiger charge is -2.22. The molecule has 0 radical (unpaired) electrons. The third-order valence-electron chi connectivity index (χ3n) is 4.04. The van der Waals surface area contributed by atoms with Crippen molar-refractivity contribution < 1.29 is 23.8 Å². The van der Waals surface area contributed by atoms with Gasteiger partial charge in [-0.05, 0) is 31.2 Å². The van der Waals surface area contributed by atoms with E-state index in [-0.39, 0.29) is 31.3 Å². The molecule has 5 nitrogen and oxygen atoms in total. The van der Waals surface area contributed by atoms with Crippen LogP contribution in [0.2, 0.25) is 0 Å². The molecule has 1 aliphatic rings. The summed E-state index contributed by atoms with van der Waals surface area (Å²) in [6.45, 7) is 2.23. The molecule has 0 aliphatic carbocycles. The van der Waals surface area contributed by atoms with Crippen LogP contribution in [-0.4, -0.2) is 36.9 Å². The summed E-state index contributed by atoms with van der Waals surface area (Å²) in [7, 11) is 0. The highest BCUT2D eigenvalue weighted by molar-refractivity contribution is 5.90. The quantitative estimate of drug-likeness (QED) is 0.782. The standard InChI is InChI=1S/C20H20O5/c1-20(25-19(22)16-10-6-3-7-11-16)12-17(24-14-20)13-23-18(21)15-8-4-2-5-9-15/h2-11,17H,12-14H2,1H3. The lowest BCUT2D eigenvalue weighted by molar-refractivity contribution is -0.0163. The molecule has 1 saturated heterocycles. The number of rotatable bonds is 5. The van der Waals surface area contributed by atoms with Gasteiger partial charge in [0.25, 0.3) is 0 Å². The van der Waals surface area contributed by atoms with Crippen molar-refractivity contribution in [3.8, 4) is 0 Å². The van der Waals surface area contributed by atoms with Gasteiger partial charge >= 0.3 is 11.9 Å². The molecule has 0 bridgehead atoms. The molecule has 1 fully saturated rings. The van der Waals surface area contributed by atoms with Gasteiger partial charge in [-0.2, -0.15) is 0 Å². The molecule has 0 amide bonds. The summed E-state index contributed by atoms with van der Waals surface area (Å²) >= 11 is 0. The molecule has 2 aromatic carbocycles. The smallest absolute Gasteiger partial charge is 0.338 e. The van der Waals surface area contributed by atoms with Gasteiger partial charge in [-0.3, -0.25) is 0 Å². The Kier molecular flexibility index (Phi) is 5.14. The number of benzene rings is 2. The molecular formula is C20H20O5. The fraction of sp³-hybridized carbons (Fsp3) is 0.300. The average molecular weight is 340 g/mol. The van der Waals surface area contributed by atoms with E-state index in [4.69, 9.17) is 14.2 Å². The van der Waals surface area contributed by atoms with Crippen LogP contribution in [0.4, 0.5) is 0 Å². The first-order valence-corrected chi connectivity index (χ1v) is 8.18. The second-order valence-corrected chi connectivity index (χ2v) is 6.31. The number of carbonyl (C=O) groups excluding carboxylic acids is 2. The normalized spacial score (nSPS) is 22.4. The van der Waals surface area contributed by atoms with Crippen molar-refractivity contribution in [1.82, 2.24) is 0 Å². The van der Waals surface area contributed by atoms with Gasteiger partial charge in [-0.25, -0.2) is 9.59 Å². The van der Waals surface area contributed by atoms with Gasteiger partial charge in [0.05, 0.1) is 23.8 Å². The minimum absolute atomic E-state index is 0.131. The van der Waals surface area contributed by atoms with Crippen LogP contribution in [0.5, 0.6) is 0 Å². The Morgan fingerprint density at radius 3 is 2.16 bits per heavy atom. The fourth-order valence-corrected chi connectivity index (χ4v) is 2.75. The Bertz CT molecular complexity index is 728. The number of hydrogen-bond acceptors (Lipinski definition) is 5. The predicted octanol–water partition coefficient (Wildman–Crippen LogP) is 3.25. The average Bonchev–Trinajstić information content (AvgIpc) is 3.02. The number of hydrogen-bond donors (Lipinski definition) is 0. The van der Waals surface area contributed by atoms with Crippen molar-refractivity contribution in [2.75, 3.05) is 13.2 Å². The monoisotopic (exact) mass is 340 g/mol. The Labute approximate surface area is 146 Å². The van der Waals surface area contributed by atoms with Crippen molar-refractivity contribution in [3.63, 3.8) is 0 Å². The van der Waals surface area contributed by atoms with E-state index < -0.39 is 5.60 Å². The third kappa shape index (κ3) is 4.45. The minimum atomic E-state index is -0.725. The Morgan fingerprint density at radius 2 is 1.56 bits per heavy atom. The lowest BCUT2D eigenvalue weighted by atomic mass is 10.0. The van der Waals surface area contributed by atoms with Crippen LogP contribution in [0.1, 0.15) is 34.1 Å². The highest BCUT2D eigenvalue weighted by Gasteiger charge is 2.40. The van der Waals surface area contributed by atoms with E-state index in [2.05, 4.69) is 0 Å². The van der Waals surface area contributed by atoms with Crippen LogP contribution >= 0.6 is 0 Å². The first kappa shape index (κ1) is 17.2. The second-order valence-electron chi connectivity index (χ2n) is 6.31. The van der Waals surface area contributed by atoms with Crippen LogP contribution in [0.15, 0.2) is 60.7 Å². The zero-order chi connectivity index (χ0) is 17.7. The topological polar surface area (TPSA) is 61.8 Å². The molecule has 5 heteroatoms. The molecule has 2 atom stereocenters. The van der Waals surface area contributed by atoms with Gasteiger partial charge in [0, 0.05) is 6.42 Å². The van der Waals surface area contributed by atoms with E-state index >= 15 is 0 Å². The number of ether oxygens (including phenoxy) is 3. The molecule has 1 aliphatic heterocycles. The van der Waals surface area contributed by atoms with Crippen LogP contribution in [-0.2, 0) is 14.2 Å². The van der Waals surface area contributed by atoms with Crippen LogP contribution in [0.3, 0.4) is 0 Å². The summed E-state index contributed by atoms with van der Waals surface area (Å²) in [4.78, 5) is 24.2. The predicted molar refractivity (Wildman–Crippen MR) is 91.3 cm³/mol. The van der Waals surface area contributed by atoms with Crippen molar-refractivity contribution >= 4 is 11.9 Å². The maximum absolute atomic E-state index is 12.2. The maximum Gasteiger partial charge on any atom is 0.338 e. The van der Waals surface area contributed by atoms with Gasteiger partial charge in [0.1, 0.15) is 12.2 Å². The van der Waals surface area contributed by atoms with E-state index in [1.165, 1.54) is 0 Å². The molecule has 0 N–H and O–H groups in total. The summed E-state index contributed by atoms with van der Waals surface area (Å²) < 4.78 is 16.5. The van der Waals surface area contributed by atoms with Gasteiger partial charge in [-0.1, -0.05) is 36.4 Å². The molecule has 3 rings (SSSR count). The summed E-state index contributed by atoms with van der Waals surface area (Å²) in [6.07, 6.45) is 0.189. The van der Waals surface area contributed by atoms with Gasteiger partial charge in [0.2, 0.25) is 0 Å². The first-order valence-electron chi connectivity index (χ1n) is 8.18. The first-order chi connectivity index (χ1) is 12.1. The SMILES string of the molecule is CC1(OC(=O)c2ccccc2)COC(COC(=O)c2ccccc2)C1. The highest BCUT2D eigenvalue weighted by Crippen LogP contribution is 2.29. The van der Waals surface area contributed by atoms with Crippen LogP contribution in [0.25, 0.3) is 0 Å². The fourth-order valence-electron chi connectivity index (χ4n) is 2.75. The molecule has 0 aromatic heterocycles. The van der Waals surface area contributed by atoms with Crippen molar-refractivity contribution in [2.45, 2.75) is 25.0 Å². The largest absolute Gasteiger partial charge is 0.459 e. The summed E-state index contributed by atoms with van der Waals surface area (Å²) in [5.74, 6) is -0.771. The molecule has 1 heterocycles. The minimum Gasteiger partial charge on any atom is -0.459 e. The van der Waals surface area contributed by atoms with Gasteiger partial charge in [0.15, 0.2) is 0 Å². The molecule has 25 heavy (non-hydrogen) atoms. The van der Waals surface area contributed by atoms with Crippen molar-refractivity contribution in [3.05, 3.63) is 71.8 Å². The second kappa shape index (κ2) is 7.49. The van der Waals surface area contributed by atoms with E-state index in [1.807, 2.05) is 19.1 Å².